The van der Waals surface area contributed by atoms with E-state index in [4.69, 9.17) is 5.73 Å². The van der Waals surface area contributed by atoms with Crippen LogP contribution in [0.2, 0.25) is 0 Å². The van der Waals surface area contributed by atoms with E-state index in [9.17, 15) is 4.79 Å². The molecule has 0 bridgehead atoms. The molecule has 0 saturated heterocycles. The average Bonchev–Trinajstić information content (AvgIpc) is 2.56. The fourth-order valence-electron chi connectivity index (χ4n) is 1.68. The molecule has 1 amide bonds. The van der Waals surface area contributed by atoms with Crippen LogP contribution in [0.1, 0.15) is 37.2 Å². The predicted molar refractivity (Wildman–Crippen MR) is 64.1 cm³/mol. The van der Waals surface area contributed by atoms with Gasteiger partial charge in [0.1, 0.15) is 0 Å². The maximum Gasteiger partial charge on any atom is 0.276 e. The molecule has 16 heavy (non-hydrogen) atoms. The Morgan fingerprint density at radius 2 is 2.00 bits per heavy atom. The molecule has 0 fully saturated rings. The maximum absolute atomic E-state index is 12.1. The lowest BCUT2D eigenvalue weighted by Crippen LogP contribution is -2.33. The third-order valence-electron chi connectivity index (χ3n) is 2.33. The third kappa shape index (κ3) is 2.74. The lowest BCUT2D eigenvalue weighted by molar-refractivity contribution is 0.0750. The molecule has 0 radical (unpaired) electrons. The Morgan fingerprint density at radius 3 is 2.38 bits per heavy atom. The van der Waals surface area contributed by atoms with E-state index < -0.39 is 0 Å². The number of carbonyl (C=O) groups is 1. The van der Waals surface area contributed by atoms with Crippen LogP contribution in [0, 0.1) is 0 Å². The van der Waals surface area contributed by atoms with Crippen molar-refractivity contribution in [2.24, 2.45) is 7.05 Å². The van der Waals surface area contributed by atoms with Crippen molar-refractivity contribution < 1.29 is 4.79 Å². The molecule has 0 saturated carbocycles. The van der Waals surface area contributed by atoms with Crippen LogP contribution in [0.25, 0.3) is 0 Å². The van der Waals surface area contributed by atoms with Gasteiger partial charge in [-0.1, -0.05) is 13.8 Å². The lowest BCUT2D eigenvalue weighted by atomic mass is 10.3. The Hall–Kier alpha value is -1.52. The Labute approximate surface area is 96.2 Å². The number of aryl methyl sites for hydroxylation is 1. The van der Waals surface area contributed by atoms with Crippen molar-refractivity contribution >= 4 is 11.6 Å². The molecule has 5 heteroatoms. The molecular weight excluding hydrogens is 204 g/mol. The molecule has 0 aliphatic heterocycles. The summed E-state index contributed by atoms with van der Waals surface area (Å²) in [7, 11) is 1.76. The number of hydrogen-bond acceptors (Lipinski definition) is 3. The first-order chi connectivity index (χ1) is 7.60. The van der Waals surface area contributed by atoms with Crippen molar-refractivity contribution in [3.63, 3.8) is 0 Å². The summed E-state index contributed by atoms with van der Waals surface area (Å²) in [4.78, 5) is 13.9. The second-order valence-electron chi connectivity index (χ2n) is 3.90. The van der Waals surface area contributed by atoms with Gasteiger partial charge >= 0.3 is 0 Å². The number of rotatable bonds is 5. The van der Waals surface area contributed by atoms with Gasteiger partial charge in [-0.15, -0.1) is 0 Å². The minimum absolute atomic E-state index is 0.0678. The molecule has 90 valence electrons. The van der Waals surface area contributed by atoms with Crippen LogP contribution in [0.3, 0.4) is 0 Å². The molecule has 0 aliphatic carbocycles. The number of nitrogen functional groups attached to an aromatic ring is 1. The molecule has 0 spiro atoms. The highest BCUT2D eigenvalue weighted by atomic mass is 16.2. The van der Waals surface area contributed by atoms with E-state index in [-0.39, 0.29) is 5.91 Å². The van der Waals surface area contributed by atoms with Gasteiger partial charge in [0.25, 0.3) is 5.91 Å². The molecular formula is C11H20N4O. The van der Waals surface area contributed by atoms with Gasteiger partial charge in [-0.2, -0.15) is 5.10 Å². The Kier molecular flexibility index (Phi) is 4.34. The van der Waals surface area contributed by atoms with E-state index in [1.807, 2.05) is 0 Å². The SMILES string of the molecule is CCCN(CCC)C(=O)c1nn(C)cc1N. The van der Waals surface area contributed by atoms with Crippen LogP contribution in [-0.4, -0.2) is 33.7 Å². The number of nitrogens with zero attached hydrogens (tertiary/aromatic N) is 3. The van der Waals surface area contributed by atoms with Crippen molar-refractivity contribution in [3.8, 4) is 0 Å². The molecule has 1 rings (SSSR count). The van der Waals surface area contributed by atoms with Crippen LogP contribution < -0.4 is 5.73 Å². The molecule has 2 N–H and O–H groups in total. The minimum atomic E-state index is -0.0678. The van der Waals surface area contributed by atoms with E-state index >= 15 is 0 Å². The van der Waals surface area contributed by atoms with Gasteiger partial charge in [-0.05, 0) is 12.8 Å². The quantitative estimate of drug-likeness (QED) is 0.819. The van der Waals surface area contributed by atoms with E-state index in [0.29, 0.717) is 11.4 Å². The molecule has 1 heterocycles. The lowest BCUT2D eigenvalue weighted by Gasteiger charge is -2.20. The fraction of sp³-hybridized carbons (Fsp3) is 0.636. The van der Waals surface area contributed by atoms with Gasteiger partial charge in [0, 0.05) is 26.3 Å². The maximum atomic E-state index is 12.1. The molecule has 0 atom stereocenters. The number of aromatic nitrogens is 2. The Morgan fingerprint density at radius 1 is 1.44 bits per heavy atom. The normalized spacial score (nSPS) is 10.4. The van der Waals surface area contributed by atoms with Gasteiger partial charge in [-0.25, -0.2) is 0 Å². The third-order valence-corrected chi connectivity index (χ3v) is 2.33. The van der Waals surface area contributed by atoms with Gasteiger partial charge in [-0.3, -0.25) is 9.48 Å². The van der Waals surface area contributed by atoms with E-state index in [2.05, 4.69) is 18.9 Å². The Bertz CT molecular complexity index is 353. The summed E-state index contributed by atoms with van der Waals surface area (Å²) >= 11 is 0. The zero-order valence-corrected chi connectivity index (χ0v) is 10.2. The first kappa shape index (κ1) is 12.5. The standard InChI is InChI=1S/C11H20N4O/c1-4-6-15(7-5-2)11(16)10-9(12)8-14(3)13-10/h8H,4-7,12H2,1-3H3. The summed E-state index contributed by atoms with van der Waals surface area (Å²) < 4.78 is 1.57. The Balaban J connectivity index is 2.85. The fourth-order valence-corrected chi connectivity index (χ4v) is 1.68. The van der Waals surface area contributed by atoms with Crippen LogP contribution in [0.5, 0.6) is 0 Å². The molecule has 1 aromatic heterocycles. The van der Waals surface area contributed by atoms with Crippen LogP contribution in [-0.2, 0) is 7.05 Å². The second kappa shape index (κ2) is 5.53. The summed E-state index contributed by atoms with van der Waals surface area (Å²) in [5.74, 6) is -0.0678. The highest BCUT2D eigenvalue weighted by Gasteiger charge is 2.19. The summed E-state index contributed by atoms with van der Waals surface area (Å²) in [5, 5.41) is 4.10. The number of anilines is 1. The van der Waals surface area contributed by atoms with Crippen molar-refractivity contribution in [2.45, 2.75) is 26.7 Å². The zero-order valence-electron chi connectivity index (χ0n) is 10.2. The first-order valence-electron chi connectivity index (χ1n) is 5.68. The van der Waals surface area contributed by atoms with E-state index in [1.54, 1.807) is 22.8 Å². The highest BCUT2D eigenvalue weighted by Crippen LogP contribution is 2.12. The molecule has 1 aromatic rings. The zero-order chi connectivity index (χ0) is 12.1. The number of hydrogen-bond donors (Lipinski definition) is 1. The van der Waals surface area contributed by atoms with Crippen molar-refractivity contribution in [1.29, 1.82) is 0 Å². The van der Waals surface area contributed by atoms with Crippen molar-refractivity contribution in [3.05, 3.63) is 11.9 Å². The van der Waals surface area contributed by atoms with Gasteiger partial charge < -0.3 is 10.6 Å². The smallest absolute Gasteiger partial charge is 0.276 e. The molecule has 0 aromatic carbocycles. The average molecular weight is 224 g/mol. The largest absolute Gasteiger partial charge is 0.396 e. The number of nitrogens with two attached hydrogens (primary N) is 1. The van der Waals surface area contributed by atoms with E-state index in [0.717, 1.165) is 25.9 Å². The van der Waals surface area contributed by atoms with Crippen molar-refractivity contribution in [2.75, 3.05) is 18.8 Å². The molecule has 5 nitrogen and oxygen atoms in total. The van der Waals surface area contributed by atoms with Gasteiger partial charge in [0.2, 0.25) is 0 Å². The van der Waals surface area contributed by atoms with E-state index in [1.165, 1.54) is 0 Å². The van der Waals surface area contributed by atoms with Crippen LogP contribution in [0.4, 0.5) is 5.69 Å². The summed E-state index contributed by atoms with van der Waals surface area (Å²) in [6.07, 6.45) is 3.54. The summed E-state index contributed by atoms with van der Waals surface area (Å²) in [6.45, 7) is 5.61. The monoisotopic (exact) mass is 224 g/mol. The first-order valence-corrected chi connectivity index (χ1v) is 5.68. The highest BCUT2D eigenvalue weighted by molar-refractivity contribution is 5.97. The molecule has 0 aliphatic rings. The van der Waals surface area contributed by atoms with Gasteiger partial charge in [0.05, 0.1) is 5.69 Å². The predicted octanol–water partition coefficient (Wildman–Crippen LogP) is 1.26. The topological polar surface area (TPSA) is 64.2 Å². The number of carbonyl (C=O) groups excluding carboxylic acids is 1. The molecule has 0 unspecified atom stereocenters. The van der Waals surface area contributed by atoms with Crippen molar-refractivity contribution in [1.82, 2.24) is 14.7 Å². The van der Waals surface area contributed by atoms with Gasteiger partial charge in [0.15, 0.2) is 5.69 Å². The summed E-state index contributed by atoms with van der Waals surface area (Å²) in [5.41, 5.74) is 6.56. The second-order valence-corrected chi connectivity index (χ2v) is 3.90. The van der Waals surface area contributed by atoms with Crippen LogP contribution in [0.15, 0.2) is 6.20 Å². The number of amides is 1. The summed E-state index contributed by atoms with van der Waals surface area (Å²) in [6, 6.07) is 0. The minimum Gasteiger partial charge on any atom is -0.396 e. The van der Waals surface area contributed by atoms with Crippen LogP contribution >= 0.6 is 0 Å².